The number of carbonyl (C=O) groups excluding carboxylic acids is 3. The Balaban J connectivity index is 1.70. The third kappa shape index (κ3) is 7.20. The molecule has 1 saturated heterocycles. The fourth-order valence-electron chi connectivity index (χ4n) is 4.33. The van der Waals surface area contributed by atoms with Gasteiger partial charge in [0.1, 0.15) is 23.6 Å². The van der Waals surface area contributed by atoms with Crippen LogP contribution < -0.4 is 10.6 Å². The molecule has 0 radical (unpaired) electrons. The molecule has 1 aromatic carbocycles. The molecule has 1 aromatic heterocycles. The van der Waals surface area contributed by atoms with Gasteiger partial charge in [-0.2, -0.15) is 5.26 Å². The second kappa shape index (κ2) is 12.5. The molecule has 0 spiro atoms. The summed E-state index contributed by atoms with van der Waals surface area (Å²) in [6, 6.07) is 6.33. The maximum absolute atomic E-state index is 14.1. The minimum absolute atomic E-state index is 0.0640. The minimum atomic E-state index is -0.907. The number of rotatable bonds is 9. The van der Waals surface area contributed by atoms with Gasteiger partial charge in [-0.15, -0.1) is 0 Å². The lowest BCUT2D eigenvalue weighted by Crippen LogP contribution is -2.50. The van der Waals surface area contributed by atoms with Gasteiger partial charge in [0.15, 0.2) is 0 Å². The van der Waals surface area contributed by atoms with E-state index < -0.39 is 35.6 Å². The van der Waals surface area contributed by atoms with Crippen LogP contribution in [0.2, 0.25) is 0 Å². The summed E-state index contributed by atoms with van der Waals surface area (Å²) in [7, 11) is 0. The van der Waals surface area contributed by atoms with E-state index in [-0.39, 0.29) is 42.4 Å². The van der Waals surface area contributed by atoms with Gasteiger partial charge in [0.05, 0.1) is 12.0 Å². The second-order valence-electron chi connectivity index (χ2n) is 9.53. The number of aromatic amines is 1. The average molecular weight is 528 g/mol. The van der Waals surface area contributed by atoms with Crippen molar-refractivity contribution in [2.75, 3.05) is 13.1 Å². The molecule has 0 unspecified atom stereocenters. The lowest BCUT2D eigenvalue weighted by Gasteiger charge is -2.27. The van der Waals surface area contributed by atoms with Crippen molar-refractivity contribution in [1.82, 2.24) is 20.5 Å². The third-order valence-corrected chi connectivity index (χ3v) is 6.25. The third-order valence-electron chi connectivity index (χ3n) is 6.13. The number of allylic oxidation sites excluding steroid dienone is 3. The van der Waals surface area contributed by atoms with Crippen LogP contribution in [-0.4, -0.2) is 52.8 Å². The SMILES string of the molecule is C/C(Cl)=C\C=C/CNC(=O)[C@H]1C[C@@H](C#N)N(C(=O)[C@H](CC(C)C)NC(=O)c2cc3c(F)cccc3[nH]2)C1. The quantitative estimate of drug-likeness (QED) is 0.427. The molecule has 10 heteroatoms. The summed E-state index contributed by atoms with van der Waals surface area (Å²) in [4.78, 5) is 43.4. The zero-order valence-electron chi connectivity index (χ0n) is 21.1. The summed E-state index contributed by atoms with van der Waals surface area (Å²) in [5, 5.41) is 16.1. The smallest absolute Gasteiger partial charge is 0.268 e. The monoisotopic (exact) mass is 527 g/mol. The number of halogens is 2. The van der Waals surface area contributed by atoms with Crippen LogP contribution in [0.1, 0.15) is 44.1 Å². The molecule has 3 atom stereocenters. The molecule has 1 aliphatic heterocycles. The maximum atomic E-state index is 14.1. The summed E-state index contributed by atoms with van der Waals surface area (Å²) in [6.45, 7) is 5.95. The fourth-order valence-corrected chi connectivity index (χ4v) is 4.41. The number of hydrogen-bond acceptors (Lipinski definition) is 4. The van der Waals surface area contributed by atoms with Crippen LogP contribution in [0.3, 0.4) is 0 Å². The number of nitrogens with zero attached hydrogens (tertiary/aromatic N) is 2. The first-order valence-electron chi connectivity index (χ1n) is 12.2. The topological polar surface area (TPSA) is 118 Å². The van der Waals surface area contributed by atoms with E-state index in [9.17, 15) is 24.0 Å². The van der Waals surface area contributed by atoms with E-state index in [0.717, 1.165) is 0 Å². The number of carbonyl (C=O) groups is 3. The number of fused-ring (bicyclic) bond motifs is 1. The molecule has 1 fully saturated rings. The molecule has 0 aliphatic carbocycles. The molecule has 3 N–H and O–H groups in total. The first-order valence-corrected chi connectivity index (χ1v) is 12.5. The predicted molar refractivity (Wildman–Crippen MR) is 140 cm³/mol. The van der Waals surface area contributed by atoms with Crippen LogP contribution in [0.4, 0.5) is 4.39 Å². The normalized spacial score (nSPS) is 18.8. The van der Waals surface area contributed by atoms with Crippen LogP contribution in [0.5, 0.6) is 0 Å². The molecule has 196 valence electrons. The number of H-pyrrole nitrogens is 1. The van der Waals surface area contributed by atoms with E-state index in [1.54, 1.807) is 31.2 Å². The Morgan fingerprint density at radius 2 is 2.11 bits per heavy atom. The molecule has 8 nitrogen and oxygen atoms in total. The number of nitriles is 1. The summed E-state index contributed by atoms with van der Waals surface area (Å²) < 4.78 is 14.1. The number of likely N-dealkylation sites (tertiary alicyclic amines) is 1. The van der Waals surface area contributed by atoms with Crippen molar-refractivity contribution >= 4 is 40.2 Å². The van der Waals surface area contributed by atoms with Gasteiger partial charge in [-0.1, -0.05) is 43.7 Å². The highest BCUT2D eigenvalue weighted by atomic mass is 35.5. The molecule has 3 rings (SSSR count). The number of amides is 3. The van der Waals surface area contributed by atoms with Gasteiger partial charge in [0, 0.05) is 29.0 Å². The van der Waals surface area contributed by atoms with E-state index in [1.807, 2.05) is 13.8 Å². The van der Waals surface area contributed by atoms with Crippen molar-refractivity contribution in [1.29, 1.82) is 5.26 Å². The lowest BCUT2D eigenvalue weighted by molar-refractivity contribution is -0.134. The predicted octanol–water partition coefficient (Wildman–Crippen LogP) is 4.01. The highest BCUT2D eigenvalue weighted by Gasteiger charge is 2.41. The van der Waals surface area contributed by atoms with E-state index in [0.29, 0.717) is 17.0 Å². The standard InChI is InChI=1S/C27H31ClFN5O3/c1-16(2)11-24(33-26(36)23-13-20-21(29)8-6-9-22(20)32-23)27(37)34-15-18(12-19(34)14-30)25(35)31-10-5-4-7-17(3)28/h4-9,13,16,18-19,24,32H,10-12,15H2,1-3H3,(H,31,35)(H,33,36)/b5-4-,17-7+/t18-,19-,24-/m0/s1. The van der Waals surface area contributed by atoms with Crippen molar-refractivity contribution in [2.45, 2.75) is 45.7 Å². The second-order valence-corrected chi connectivity index (χ2v) is 10.1. The molecular formula is C27H31ClFN5O3. The van der Waals surface area contributed by atoms with Crippen molar-refractivity contribution < 1.29 is 18.8 Å². The van der Waals surface area contributed by atoms with Crippen molar-refractivity contribution in [3.8, 4) is 6.07 Å². The molecule has 0 bridgehead atoms. The summed E-state index contributed by atoms with van der Waals surface area (Å²) in [5.41, 5.74) is 0.600. The van der Waals surface area contributed by atoms with Crippen molar-refractivity contribution in [3.63, 3.8) is 0 Å². The zero-order valence-corrected chi connectivity index (χ0v) is 21.8. The number of aromatic nitrogens is 1. The first-order chi connectivity index (χ1) is 17.6. The number of hydrogen-bond donors (Lipinski definition) is 3. The first kappa shape index (κ1) is 27.9. The average Bonchev–Trinajstić information content (AvgIpc) is 3.48. The Labute approximate surface area is 220 Å². The molecule has 2 heterocycles. The minimum Gasteiger partial charge on any atom is -0.352 e. The summed E-state index contributed by atoms with van der Waals surface area (Å²) in [5.74, 6) is -2.16. The van der Waals surface area contributed by atoms with Gasteiger partial charge in [0.25, 0.3) is 5.91 Å². The summed E-state index contributed by atoms with van der Waals surface area (Å²) in [6.07, 6.45) is 5.72. The van der Waals surface area contributed by atoms with Crippen LogP contribution >= 0.6 is 11.6 Å². The van der Waals surface area contributed by atoms with Crippen molar-refractivity contribution in [2.24, 2.45) is 11.8 Å². The Kier molecular flexibility index (Phi) is 9.48. The Morgan fingerprint density at radius 3 is 2.76 bits per heavy atom. The molecular weight excluding hydrogens is 497 g/mol. The van der Waals surface area contributed by atoms with Crippen LogP contribution in [0, 0.1) is 29.0 Å². The Morgan fingerprint density at radius 1 is 1.35 bits per heavy atom. The molecule has 3 amide bonds. The molecule has 37 heavy (non-hydrogen) atoms. The van der Waals surface area contributed by atoms with Gasteiger partial charge < -0.3 is 20.5 Å². The highest BCUT2D eigenvalue weighted by molar-refractivity contribution is 6.29. The van der Waals surface area contributed by atoms with E-state index >= 15 is 0 Å². The molecule has 2 aromatic rings. The van der Waals surface area contributed by atoms with E-state index in [1.165, 1.54) is 23.1 Å². The van der Waals surface area contributed by atoms with Gasteiger partial charge in [0.2, 0.25) is 11.8 Å². The summed E-state index contributed by atoms with van der Waals surface area (Å²) >= 11 is 5.76. The van der Waals surface area contributed by atoms with Gasteiger partial charge in [-0.25, -0.2) is 4.39 Å². The number of nitrogens with one attached hydrogen (secondary N) is 3. The van der Waals surface area contributed by atoms with E-state index in [2.05, 4.69) is 21.7 Å². The zero-order chi connectivity index (χ0) is 27.1. The van der Waals surface area contributed by atoms with E-state index in [4.69, 9.17) is 11.6 Å². The Bertz CT molecular complexity index is 1260. The fraction of sp³-hybridized carbons (Fsp3) is 0.407. The van der Waals surface area contributed by atoms with Gasteiger partial charge >= 0.3 is 0 Å². The maximum Gasteiger partial charge on any atom is 0.268 e. The Hall–Kier alpha value is -3.64. The van der Waals surface area contributed by atoms with Crippen LogP contribution in [0.25, 0.3) is 10.9 Å². The lowest BCUT2D eigenvalue weighted by atomic mass is 10.0. The van der Waals surface area contributed by atoms with Crippen LogP contribution in [0.15, 0.2) is 47.5 Å². The molecule has 1 aliphatic rings. The largest absolute Gasteiger partial charge is 0.352 e. The van der Waals surface area contributed by atoms with Gasteiger partial charge in [-0.3, -0.25) is 14.4 Å². The molecule has 0 saturated carbocycles. The number of benzene rings is 1. The highest BCUT2D eigenvalue weighted by Crippen LogP contribution is 2.25. The van der Waals surface area contributed by atoms with Crippen molar-refractivity contribution in [3.05, 3.63) is 59.0 Å². The van der Waals surface area contributed by atoms with Gasteiger partial charge in [-0.05, 0) is 50.0 Å². The van der Waals surface area contributed by atoms with Crippen LogP contribution in [-0.2, 0) is 9.59 Å².